The van der Waals surface area contributed by atoms with Crippen LogP contribution in [0.15, 0.2) is 0 Å². The van der Waals surface area contributed by atoms with Crippen LogP contribution in [0.25, 0.3) is 0 Å². The number of sulfonamides is 1. The van der Waals surface area contributed by atoms with Crippen LogP contribution >= 0.6 is 15.9 Å². The number of alkyl halides is 1. The molecule has 1 fully saturated rings. The van der Waals surface area contributed by atoms with Crippen LogP contribution in [0.5, 0.6) is 0 Å². The minimum absolute atomic E-state index is 0.0739. The Morgan fingerprint density at radius 1 is 1.47 bits per heavy atom. The van der Waals surface area contributed by atoms with Crippen molar-refractivity contribution in [3.8, 4) is 0 Å². The van der Waals surface area contributed by atoms with Gasteiger partial charge >= 0.3 is 0 Å². The molecule has 0 aromatic rings. The molecule has 0 radical (unpaired) electrons. The summed E-state index contributed by atoms with van der Waals surface area (Å²) in [5.41, 5.74) is 0. The average Bonchev–Trinajstić information content (AvgIpc) is 2.12. The molecular formula is C9H18BrNO3S. The molecule has 0 aromatic carbocycles. The third-order valence-corrected chi connectivity index (χ3v) is 5.24. The maximum absolute atomic E-state index is 11.7. The van der Waals surface area contributed by atoms with E-state index >= 15 is 0 Å². The molecule has 1 saturated carbocycles. The van der Waals surface area contributed by atoms with E-state index < -0.39 is 10.0 Å². The van der Waals surface area contributed by atoms with Crippen molar-refractivity contribution in [1.82, 2.24) is 4.31 Å². The first-order chi connectivity index (χ1) is 6.95. The van der Waals surface area contributed by atoms with Gasteiger partial charge in [0.15, 0.2) is 0 Å². The zero-order valence-corrected chi connectivity index (χ0v) is 11.6. The Kier molecular flexibility index (Phi) is 5.02. The average molecular weight is 300 g/mol. The molecule has 0 atom stereocenters. The second-order valence-corrected chi connectivity index (χ2v) is 7.51. The van der Waals surface area contributed by atoms with Crippen molar-refractivity contribution in [3.63, 3.8) is 0 Å². The monoisotopic (exact) mass is 299 g/mol. The highest BCUT2D eigenvalue weighted by atomic mass is 79.9. The van der Waals surface area contributed by atoms with E-state index in [0.717, 1.165) is 12.8 Å². The standard InChI is InChI=1S/C9H18BrNO3S/c1-11(7-8-5-9(10)6-8)15(12,13)4-3-14-2/h8-9H,3-7H2,1-2H3. The third kappa shape index (κ3) is 4.01. The van der Waals surface area contributed by atoms with Crippen LogP contribution in [-0.2, 0) is 14.8 Å². The van der Waals surface area contributed by atoms with Gasteiger partial charge in [-0.15, -0.1) is 0 Å². The molecule has 0 spiro atoms. The molecule has 15 heavy (non-hydrogen) atoms. The Morgan fingerprint density at radius 2 is 2.07 bits per heavy atom. The first-order valence-electron chi connectivity index (χ1n) is 5.02. The number of hydrogen-bond donors (Lipinski definition) is 0. The van der Waals surface area contributed by atoms with E-state index in [1.165, 1.54) is 11.4 Å². The molecule has 0 aliphatic heterocycles. The molecule has 1 rings (SSSR count). The maximum atomic E-state index is 11.7. The second-order valence-electron chi connectivity index (χ2n) is 4.02. The smallest absolute Gasteiger partial charge is 0.216 e. The molecular weight excluding hydrogens is 282 g/mol. The van der Waals surface area contributed by atoms with Gasteiger partial charge in [0.2, 0.25) is 10.0 Å². The first kappa shape index (κ1) is 13.4. The van der Waals surface area contributed by atoms with E-state index in [9.17, 15) is 8.42 Å². The van der Waals surface area contributed by atoms with Crippen molar-refractivity contribution in [2.75, 3.05) is 33.1 Å². The quantitative estimate of drug-likeness (QED) is 0.689. The lowest BCUT2D eigenvalue weighted by atomic mass is 9.85. The molecule has 0 N–H and O–H groups in total. The van der Waals surface area contributed by atoms with Gasteiger partial charge in [0.1, 0.15) is 0 Å². The number of ether oxygens (including phenoxy) is 1. The fourth-order valence-corrected chi connectivity index (χ4v) is 3.81. The van der Waals surface area contributed by atoms with Crippen molar-refractivity contribution in [2.24, 2.45) is 5.92 Å². The Bertz CT molecular complexity index is 288. The lowest BCUT2D eigenvalue weighted by molar-refractivity contribution is 0.214. The SMILES string of the molecule is COCCS(=O)(=O)N(C)CC1CC(Br)C1. The van der Waals surface area contributed by atoms with Gasteiger partial charge in [-0.1, -0.05) is 15.9 Å². The van der Waals surface area contributed by atoms with Gasteiger partial charge < -0.3 is 4.74 Å². The van der Waals surface area contributed by atoms with E-state index in [-0.39, 0.29) is 12.4 Å². The predicted octanol–water partition coefficient (Wildman–Crippen LogP) is 1.07. The second kappa shape index (κ2) is 5.61. The Morgan fingerprint density at radius 3 is 2.53 bits per heavy atom. The summed E-state index contributed by atoms with van der Waals surface area (Å²) in [7, 11) is 0.0380. The zero-order chi connectivity index (χ0) is 11.5. The van der Waals surface area contributed by atoms with Gasteiger partial charge in [0, 0.05) is 25.5 Å². The number of halogens is 1. The number of rotatable bonds is 6. The Labute approximate surface area is 100 Å². The minimum atomic E-state index is -3.12. The van der Waals surface area contributed by atoms with Crippen LogP contribution in [0, 0.1) is 5.92 Å². The molecule has 0 unspecified atom stereocenters. The highest BCUT2D eigenvalue weighted by Gasteiger charge is 2.30. The van der Waals surface area contributed by atoms with Crippen LogP contribution in [0.3, 0.4) is 0 Å². The lowest BCUT2D eigenvalue weighted by Gasteiger charge is -2.33. The van der Waals surface area contributed by atoms with Gasteiger partial charge in [-0.3, -0.25) is 0 Å². The summed E-state index contributed by atoms with van der Waals surface area (Å²) < 4.78 is 29.6. The van der Waals surface area contributed by atoms with Crippen molar-refractivity contribution in [1.29, 1.82) is 0 Å². The topological polar surface area (TPSA) is 46.6 Å². The van der Waals surface area contributed by atoms with Gasteiger partial charge in [0.25, 0.3) is 0 Å². The summed E-state index contributed by atoms with van der Waals surface area (Å²) >= 11 is 3.49. The molecule has 0 heterocycles. The maximum Gasteiger partial charge on any atom is 0.216 e. The molecule has 0 bridgehead atoms. The van der Waals surface area contributed by atoms with Crippen LogP contribution in [0.2, 0.25) is 0 Å². The number of nitrogens with zero attached hydrogens (tertiary/aromatic N) is 1. The number of methoxy groups -OCH3 is 1. The molecule has 1 aliphatic rings. The van der Waals surface area contributed by atoms with E-state index in [1.807, 2.05) is 0 Å². The van der Waals surface area contributed by atoms with Crippen molar-refractivity contribution in [2.45, 2.75) is 17.7 Å². The van der Waals surface area contributed by atoms with Crippen molar-refractivity contribution in [3.05, 3.63) is 0 Å². The summed E-state index contributed by atoms with van der Waals surface area (Å²) in [6, 6.07) is 0. The van der Waals surface area contributed by atoms with E-state index in [2.05, 4.69) is 15.9 Å². The van der Waals surface area contributed by atoms with Crippen molar-refractivity contribution < 1.29 is 13.2 Å². The normalized spacial score (nSPS) is 26.7. The fraction of sp³-hybridized carbons (Fsp3) is 1.00. The molecule has 4 nitrogen and oxygen atoms in total. The number of hydrogen-bond acceptors (Lipinski definition) is 3. The minimum Gasteiger partial charge on any atom is -0.384 e. The molecule has 1 aliphatic carbocycles. The Hall–Kier alpha value is 0.350. The van der Waals surface area contributed by atoms with Crippen LogP contribution in [-0.4, -0.2) is 50.6 Å². The first-order valence-corrected chi connectivity index (χ1v) is 7.55. The van der Waals surface area contributed by atoms with Gasteiger partial charge in [-0.25, -0.2) is 12.7 Å². The zero-order valence-electron chi connectivity index (χ0n) is 9.15. The summed E-state index contributed by atoms with van der Waals surface area (Å²) in [4.78, 5) is 0.581. The summed E-state index contributed by atoms with van der Waals surface area (Å²) in [6.07, 6.45) is 2.15. The van der Waals surface area contributed by atoms with Crippen molar-refractivity contribution >= 4 is 26.0 Å². The van der Waals surface area contributed by atoms with Crippen LogP contribution < -0.4 is 0 Å². The highest BCUT2D eigenvalue weighted by Crippen LogP contribution is 2.33. The molecule has 0 amide bonds. The predicted molar refractivity (Wildman–Crippen MR) is 63.7 cm³/mol. The largest absolute Gasteiger partial charge is 0.384 e. The Balaban J connectivity index is 2.35. The van der Waals surface area contributed by atoms with Crippen LogP contribution in [0.4, 0.5) is 0 Å². The summed E-state index contributed by atoms with van der Waals surface area (Å²) in [5, 5.41) is 0. The molecule has 0 saturated heterocycles. The third-order valence-electron chi connectivity index (χ3n) is 2.71. The molecule has 90 valence electrons. The van der Waals surface area contributed by atoms with E-state index in [1.54, 1.807) is 7.05 Å². The molecule has 6 heteroatoms. The van der Waals surface area contributed by atoms with E-state index in [0.29, 0.717) is 17.3 Å². The summed E-state index contributed by atoms with van der Waals surface area (Å²) in [6.45, 7) is 0.895. The van der Waals surface area contributed by atoms with Crippen LogP contribution in [0.1, 0.15) is 12.8 Å². The lowest BCUT2D eigenvalue weighted by Crippen LogP contribution is -2.39. The fourth-order valence-electron chi connectivity index (χ4n) is 1.63. The van der Waals surface area contributed by atoms with Gasteiger partial charge in [0.05, 0.1) is 12.4 Å². The summed E-state index contributed by atoms with van der Waals surface area (Å²) in [5.74, 6) is 0.585. The van der Waals surface area contributed by atoms with Gasteiger partial charge in [-0.2, -0.15) is 0 Å². The molecule has 0 aromatic heterocycles. The highest BCUT2D eigenvalue weighted by molar-refractivity contribution is 9.09. The van der Waals surface area contributed by atoms with Gasteiger partial charge in [-0.05, 0) is 18.8 Å². The van der Waals surface area contributed by atoms with E-state index in [4.69, 9.17) is 4.74 Å².